The number of hydrogen-bond donors (Lipinski definition) is 1. The van der Waals surface area contributed by atoms with Crippen LogP contribution in [0, 0.1) is 13.8 Å². The zero-order chi connectivity index (χ0) is 19.1. The molecule has 1 N–H and O–H groups in total. The number of nitrogens with zero attached hydrogens (tertiary/aromatic N) is 2. The predicted molar refractivity (Wildman–Crippen MR) is 105 cm³/mol. The monoisotopic (exact) mass is 383 g/mol. The average Bonchev–Trinajstić information content (AvgIpc) is 3.18. The van der Waals surface area contributed by atoms with E-state index in [-0.39, 0.29) is 12.5 Å². The number of rotatable bonds is 8. The standard InChI is InChI=1S/C20H21N3O3S/c1-14-10-15(2)12-16(11-14)26-13-19(24)21-7-8-25-20-6-5-17(22-23-20)18-4-3-9-27-18/h3-6,9-12H,7-8,13H2,1-2H3,(H,21,24). The highest BCUT2D eigenvalue weighted by molar-refractivity contribution is 7.13. The van der Waals surface area contributed by atoms with Gasteiger partial charge >= 0.3 is 0 Å². The van der Waals surface area contributed by atoms with Crippen molar-refractivity contribution in [3.8, 4) is 22.2 Å². The molecule has 0 radical (unpaired) electrons. The third-order valence-electron chi connectivity index (χ3n) is 3.65. The van der Waals surface area contributed by atoms with Crippen LogP contribution in [0.25, 0.3) is 10.6 Å². The van der Waals surface area contributed by atoms with Gasteiger partial charge in [0.15, 0.2) is 6.61 Å². The van der Waals surface area contributed by atoms with Crippen molar-refractivity contribution in [1.82, 2.24) is 15.5 Å². The lowest BCUT2D eigenvalue weighted by Gasteiger charge is -2.09. The van der Waals surface area contributed by atoms with Crippen molar-refractivity contribution in [3.63, 3.8) is 0 Å². The molecule has 2 aromatic heterocycles. The fraction of sp³-hybridized carbons (Fsp3) is 0.250. The molecule has 1 aromatic carbocycles. The molecule has 0 spiro atoms. The second-order valence-corrected chi connectivity index (χ2v) is 6.99. The van der Waals surface area contributed by atoms with Crippen molar-refractivity contribution >= 4 is 17.2 Å². The Labute approximate surface area is 162 Å². The number of aromatic nitrogens is 2. The van der Waals surface area contributed by atoms with Crippen LogP contribution in [0.15, 0.2) is 47.8 Å². The Morgan fingerprint density at radius 1 is 1.07 bits per heavy atom. The molecule has 0 aliphatic heterocycles. The van der Waals surface area contributed by atoms with Crippen LogP contribution in [0.3, 0.4) is 0 Å². The molecule has 7 heteroatoms. The first-order chi connectivity index (χ1) is 13.1. The molecule has 0 fully saturated rings. The van der Waals surface area contributed by atoms with Gasteiger partial charge in [0.2, 0.25) is 5.88 Å². The Hall–Kier alpha value is -2.93. The molecule has 140 valence electrons. The number of thiophene rings is 1. The highest BCUT2D eigenvalue weighted by Crippen LogP contribution is 2.22. The molecular weight excluding hydrogens is 362 g/mol. The van der Waals surface area contributed by atoms with Crippen LogP contribution in [-0.2, 0) is 4.79 Å². The Balaban J connectivity index is 1.36. The Morgan fingerprint density at radius 2 is 1.89 bits per heavy atom. The fourth-order valence-corrected chi connectivity index (χ4v) is 3.21. The van der Waals surface area contributed by atoms with E-state index in [2.05, 4.69) is 21.6 Å². The van der Waals surface area contributed by atoms with Crippen LogP contribution in [0.2, 0.25) is 0 Å². The summed E-state index contributed by atoms with van der Waals surface area (Å²) < 4.78 is 11.0. The highest BCUT2D eigenvalue weighted by atomic mass is 32.1. The van der Waals surface area contributed by atoms with Crippen LogP contribution in [-0.4, -0.2) is 35.9 Å². The van der Waals surface area contributed by atoms with Crippen LogP contribution >= 0.6 is 11.3 Å². The van der Waals surface area contributed by atoms with E-state index in [0.29, 0.717) is 24.8 Å². The highest BCUT2D eigenvalue weighted by Gasteiger charge is 2.05. The number of aryl methyl sites for hydroxylation is 2. The summed E-state index contributed by atoms with van der Waals surface area (Å²) in [6, 6.07) is 13.5. The second-order valence-electron chi connectivity index (χ2n) is 6.04. The molecule has 3 rings (SSSR count). The fourth-order valence-electron chi connectivity index (χ4n) is 2.51. The van der Waals surface area contributed by atoms with E-state index in [1.54, 1.807) is 17.4 Å². The predicted octanol–water partition coefficient (Wildman–Crippen LogP) is 3.40. The topological polar surface area (TPSA) is 73.3 Å². The van der Waals surface area contributed by atoms with Crippen LogP contribution in [0.4, 0.5) is 0 Å². The smallest absolute Gasteiger partial charge is 0.258 e. The van der Waals surface area contributed by atoms with Gasteiger partial charge in [-0.25, -0.2) is 0 Å². The summed E-state index contributed by atoms with van der Waals surface area (Å²) in [6.07, 6.45) is 0. The molecule has 0 atom stereocenters. The van der Waals surface area contributed by atoms with E-state index in [0.717, 1.165) is 21.7 Å². The summed E-state index contributed by atoms with van der Waals surface area (Å²) in [5.41, 5.74) is 3.02. The third kappa shape index (κ3) is 5.79. The van der Waals surface area contributed by atoms with E-state index in [1.807, 2.05) is 49.6 Å². The van der Waals surface area contributed by atoms with Gasteiger partial charge in [0.05, 0.1) is 11.4 Å². The number of ether oxygens (including phenoxy) is 2. The number of nitrogens with one attached hydrogen (secondary N) is 1. The largest absolute Gasteiger partial charge is 0.484 e. The molecular formula is C20H21N3O3S. The van der Waals surface area contributed by atoms with E-state index in [9.17, 15) is 4.79 Å². The van der Waals surface area contributed by atoms with Gasteiger partial charge < -0.3 is 14.8 Å². The van der Waals surface area contributed by atoms with Crippen molar-refractivity contribution in [2.75, 3.05) is 19.8 Å². The molecule has 0 bridgehead atoms. The number of benzene rings is 1. The maximum atomic E-state index is 11.9. The molecule has 2 heterocycles. The number of amides is 1. The van der Waals surface area contributed by atoms with E-state index < -0.39 is 0 Å². The van der Waals surface area contributed by atoms with Crippen molar-refractivity contribution in [1.29, 1.82) is 0 Å². The van der Waals surface area contributed by atoms with Crippen molar-refractivity contribution in [3.05, 3.63) is 59.0 Å². The summed E-state index contributed by atoms with van der Waals surface area (Å²) in [6.45, 7) is 4.63. The van der Waals surface area contributed by atoms with Crippen molar-refractivity contribution in [2.24, 2.45) is 0 Å². The average molecular weight is 383 g/mol. The molecule has 0 aliphatic rings. The molecule has 0 saturated carbocycles. The zero-order valence-electron chi connectivity index (χ0n) is 15.3. The quantitative estimate of drug-likeness (QED) is 0.604. The lowest BCUT2D eigenvalue weighted by molar-refractivity contribution is -0.123. The summed E-state index contributed by atoms with van der Waals surface area (Å²) in [4.78, 5) is 12.9. The number of hydrogen-bond acceptors (Lipinski definition) is 6. The van der Waals surface area contributed by atoms with Gasteiger partial charge in [-0.05, 0) is 54.6 Å². The zero-order valence-corrected chi connectivity index (χ0v) is 16.1. The summed E-state index contributed by atoms with van der Waals surface area (Å²) in [7, 11) is 0. The lowest BCUT2D eigenvalue weighted by Crippen LogP contribution is -2.32. The van der Waals surface area contributed by atoms with Crippen LogP contribution in [0.5, 0.6) is 11.6 Å². The summed E-state index contributed by atoms with van der Waals surface area (Å²) in [5, 5.41) is 12.9. The van der Waals surface area contributed by atoms with Gasteiger partial charge in [-0.1, -0.05) is 12.1 Å². The normalized spacial score (nSPS) is 10.4. The van der Waals surface area contributed by atoms with Crippen molar-refractivity contribution < 1.29 is 14.3 Å². The molecule has 0 saturated heterocycles. The Morgan fingerprint density at radius 3 is 2.56 bits per heavy atom. The van der Waals surface area contributed by atoms with Gasteiger partial charge in [-0.2, -0.15) is 0 Å². The maximum Gasteiger partial charge on any atom is 0.258 e. The van der Waals surface area contributed by atoms with Crippen LogP contribution < -0.4 is 14.8 Å². The lowest BCUT2D eigenvalue weighted by atomic mass is 10.1. The Bertz CT molecular complexity index is 860. The minimum Gasteiger partial charge on any atom is -0.484 e. The first kappa shape index (κ1) is 18.8. The maximum absolute atomic E-state index is 11.9. The van der Waals surface area contributed by atoms with E-state index >= 15 is 0 Å². The number of carbonyl (C=O) groups is 1. The third-order valence-corrected chi connectivity index (χ3v) is 4.55. The first-order valence-electron chi connectivity index (χ1n) is 8.58. The van der Waals surface area contributed by atoms with E-state index in [1.165, 1.54) is 0 Å². The summed E-state index contributed by atoms with van der Waals surface area (Å²) in [5.74, 6) is 0.924. The minimum atomic E-state index is -0.197. The van der Waals surface area contributed by atoms with Gasteiger partial charge in [-0.15, -0.1) is 21.5 Å². The Kier molecular flexibility index (Phi) is 6.38. The van der Waals surface area contributed by atoms with E-state index in [4.69, 9.17) is 9.47 Å². The minimum absolute atomic E-state index is 0.0296. The number of carbonyl (C=O) groups excluding carboxylic acids is 1. The molecule has 1 amide bonds. The molecule has 3 aromatic rings. The van der Waals surface area contributed by atoms with Gasteiger partial charge in [0.25, 0.3) is 5.91 Å². The first-order valence-corrected chi connectivity index (χ1v) is 9.46. The summed E-state index contributed by atoms with van der Waals surface area (Å²) >= 11 is 1.61. The molecule has 0 unspecified atom stereocenters. The SMILES string of the molecule is Cc1cc(C)cc(OCC(=O)NCCOc2ccc(-c3cccs3)nn2)c1. The molecule has 27 heavy (non-hydrogen) atoms. The van der Waals surface area contributed by atoms with Gasteiger partial charge in [-0.3, -0.25) is 4.79 Å². The van der Waals surface area contributed by atoms with Crippen LogP contribution in [0.1, 0.15) is 11.1 Å². The molecule has 6 nitrogen and oxygen atoms in total. The van der Waals surface area contributed by atoms with Gasteiger partial charge in [0, 0.05) is 6.07 Å². The molecule has 0 aliphatic carbocycles. The second kappa shape index (κ2) is 9.14. The van der Waals surface area contributed by atoms with Gasteiger partial charge in [0.1, 0.15) is 18.1 Å². The van der Waals surface area contributed by atoms with Crippen molar-refractivity contribution in [2.45, 2.75) is 13.8 Å².